The van der Waals surface area contributed by atoms with Crippen molar-refractivity contribution >= 4 is 11.3 Å². The fourth-order valence-electron chi connectivity index (χ4n) is 0.999. The molecule has 0 saturated heterocycles. The molecule has 0 unspecified atom stereocenters. The Kier molecular flexibility index (Phi) is 2.23. The molecule has 0 aliphatic rings. The topological polar surface area (TPSA) is 35.0 Å². The van der Waals surface area contributed by atoms with Crippen molar-refractivity contribution in [2.45, 2.75) is 0 Å². The number of aromatic nitrogens is 2. The number of thiophene rings is 1. The summed E-state index contributed by atoms with van der Waals surface area (Å²) >= 11 is 1.66. The van der Waals surface area contributed by atoms with Crippen LogP contribution in [0.25, 0.3) is 11.1 Å². The van der Waals surface area contributed by atoms with Crippen molar-refractivity contribution in [2.75, 3.05) is 7.11 Å². The molecule has 3 nitrogen and oxygen atoms in total. The van der Waals surface area contributed by atoms with Crippen LogP contribution >= 0.6 is 11.3 Å². The van der Waals surface area contributed by atoms with Gasteiger partial charge < -0.3 is 4.74 Å². The Bertz CT molecular complexity index is 369. The van der Waals surface area contributed by atoms with E-state index >= 15 is 0 Å². The first kappa shape index (κ1) is 8.19. The molecule has 0 fully saturated rings. The molecule has 2 aromatic rings. The van der Waals surface area contributed by atoms with Crippen molar-refractivity contribution in [3.8, 4) is 17.1 Å². The quantitative estimate of drug-likeness (QED) is 0.731. The molecule has 0 aliphatic carbocycles. The highest BCUT2D eigenvalue weighted by atomic mass is 32.1. The van der Waals surface area contributed by atoms with Gasteiger partial charge >= 0.3 is 6.01 Å². The standard InChI is InChI=1S/C9H8N2OS/c1-12-9-10-4-8(5-11-9)7-2-3-13-6-7/h2-6H,1H3. The summed E-state index contributed by atoms with van der Waals surface area (Å²) in [6, 6.07) is 2.44. The van der Waals surface area contributed by atoms with Gasteiger partial charge in [0, 0.05) is 18.0 Å². The Morgan fingerprint density at radius 3 is 2.54 bits per heavy atom. The zero-order chi connectivity index (χ0) is 9.10. The van der Waals surface area contributed by atoms with Crippen LogP contribution in [0.1, 0.15) is 0 Å². The Morgan fingerprint density at radius 1 is 1.23 bits per heavy atom. The minimum Gasteiger partial charge on any atom is -0.467 e. The molecular formula is C9H8N2OS. The number of hydrogen-bond acceptors (Lipinski definition) is 4. The summed E-state index contributed by atoms with van der Waals surface area (Å²) in [5, 5.41) is 4.09. The Labute approximate surface area is 80.0 Å². The molecule has 2 aromatic heterocycles. The summed E-state index contributed by atoms with van der Waals surface area (Å²) in [7, 11) is 1.56. The number of methoxy groups -OCH3 is 1. The predicted octanol–water partition coefficient (Wildman–Crippen LogP) is 2.21. The molecule has 0 N–H and O–H groups in total. The normalized spacial score (nSPS) is 9.92. The summed E-state index contributed by atoms with van der Waals surface area (Å²) in [6.45, 7) is 0. The highest BCUT2D eigenvalue weighted by Gasteiger charge is 1.99. The number of nitrogens with zero attached hydrogens (tertiary/aromatic N) is 2. The maximum atomic E-state index is 4.87. The average molecular weight is 192 g/mol. The third kappa shape index (κ3) is 1.67. The highest BCUT2D eigenvalue weighted by Crippen LogP contribution is 2.20. The second kappa shape index (κ2) is 3.53. The Morgan fingerprint density at radius 2 is 2.00 bits per heavy atom. The van der Waals surface area contributed by atoms with E-state index in [2.05, 4.69) is 15.3 Å². The van der Waals surface area contributed by atoms with E-state index in [0.29, 0.717) is 6.01 Å². The molecule has 4 heteroatoms. The first-order valence-electron chi connectivity index (χ1n) is 3.79. The van der Waals surface area contributed by atoms with Crippen LogP contribution < -0.4 is 4.74 Å². The van der Waals surface area contributed by atoms with Gasteiger partial charge in [-0.25, -0.2) is 9.97 Å². The van der Waals surface area contributed by atoms with Gasteiger partial charge in [-0.3, -0.25) is 0 Å². The fourth-order valence-corrected chi connectivity index (χ4v) is 1.66. The first-order chi connectivity index (χ1) is 6.40. The van der Waals surface area contributed by atoms with E-state index in [9.17, 15) is 0 Å². The lowest BCUT2D eigenvalue weighted by Crippen LogP contribution is -1.90. The number of ether oxygens (including phenoxy) is 1. The minimum atomic E-state index is 0.402. The molecule has 0 aliphatic heterocycles. The zero-order valence-corrected chi connectivity index (χ0v) is 7.91. The smallest absolute Gasteiger partial charge is 0.316 e. The fraction of sp³-hybridized carbons (Fsp3) is 0.111. The molecular weight excluding hydrogens is 184 g/mol. The molecule has 0 saturated carbocycles. The van der Waals surface area contributed by atoms with Crippen LogP contribution in [0, 0.1) is 0 Å². The summed E-state index contributed by atoms with van der Waals surface area (Å²) in [6.07, 6.45) is 3.52. The van der Waals surface area contributed by atoms with Crippen molar-refractivity contribution < 1.29 is 4.74 Å². The Balaban J connectivity index is 2.33. The molecule has 0 aromatic carbocycles. The summed E-state index contributed by atoms with van der Waals surface area (Å²) in [5.41, 5.74) is 2.16. The van der Waals surface area contributed by atoms with Crippen LogP contribution in [0.15, 0.2) is 29.2 Å². The lowest BCUT2D eigenvalue weighted by atomic mass is 10.2. The zero-order valence-electron chi connectivity index (χ0n) is 7.10. The van der Waals surface area contributed by atoms with Crippen LogP contribution in [0.2, 0.25) is 0 Å². The van der Waals surface area contributed by atoms with Gasteiger partial charge in [0.15, 0.2) is 0 Å². The summed E-state index contributed by atoms with van der Waals surface area (Å²) in [5.74, 6) is 0. The summed E-state index contributed by atoms with van der Waals surface area (Å²) < 4.78 is 4.87. The van der Waals surface area contributed by atoms with Crippen molar-refractivity contribution in [3.05, 3.63) is 29.2 Å². The molecule has 0 atom stereocenters. The average Bonchev–Trinajstić information content (AvgIpc) is 2.71. The SMILES string of the molecule is COc1ncc(-c2ccsc2)cn1. The van der Waals surface area contributed by atoms with E-state index in [4.69, 9.17) is 4.74 Å². The molecule has 2 heterocycles. The van der Waals surface area contributed by atoms with E-state index in [-0.39, 0.29) is 0 Å². The van der Waals surface area contributed by atoms with Gasteiger partial charge in [-0.2, -0.15) is 11.3 Å². The van der Waals surface area contributed by atoms with Crippen LogP contribution in [0.4, 0.5) is 0 Å². The summed E-state index contributed by atoms with van der Waals surface area (Å²) in [4.78, 5) is 8.05. The maximum Gasteiger partial charge on any atom is 0.316 e. The van der Waals surface area contributed by atoms with Crippen LogP contribution in [-0.4, -0.2) is 17.1 Å². The lowest BCUT2D eigenvalue weighted by molar-refractivity contribution is 0.380. The van der Waals surface area contributed by atoms with Gasteiger partial charge in [0.05, 0.1) is 7.11 Å². The van der Waals surface area contributed by atoms with Gasteiger partial charge in [0.2, 0.25) is 0 Å². The highest BCUT2D eigenvalue weighted by molar-refractivity contribution is 7.08. The molecule has 13 heavy (non-hydrogen) atoms. The minimum absolute atomic E-state index is 0.402. The van der Waals surface area contributed by atoms with Gasteiger partial charge in [-0.15, -0.1) is 0 Å². The number of rotatable bonds is 2. The molecule has 66 valence electrons. The van der Waals surface area contributed by atoms with E-state index in [1.165, 1.54) is 0 Å². The van der Waals surface area contributed by atoms with Crippen molar-refractivity contribution in [3.63, 3.8) is 0 Å². The second-order valence-electron chi connectivity index (χ2n) is 2.47. The van der Waals surface area contributed by atoms with Crippen molar-refractivity contribution in [1.82, 2.24) is 9.97 Å². The molecule has 0 amide bonds. The first-order valence-corrected chi connectivity index (χ1v) is 4.73. The van der Waals surface area contributed by atoms with Crippen molar-refractivity contribution in [2.24, 2.45) is 0 Å². The van der Waals surface area contributed by atoms with Gasteiger partial charge in [-0.1, -0.05) is 0 Å². The van der Waals surface area contributed by atoms with E-state index < -0.39 is 0 Å². The largest absolute Gasteiger partial charge is 0.467 e. The third-order valence-electron chi connectivity index (χ3n) is 1.67. The maximum absolute atomic E-state index is 4.87. The lowest BCUT2D eigenvalue weighted by Gasteiger charge is -1.98. The van der Waals surface area contributed by atoms with Crippen LogP contribution in [0.3, 0.4) is 0 Å². The van der Waals surface area contributed by atoms with Gasteiger partial charge in [0.25, 0.3) is 0 Å². The Hall–Kier alpha value is -1.42. The third-order valence-corrected chi connectivity index (χ3v) is 2.35. The van der Waals surface area contributed by atoms with E-state index in [1.807, 2.05) is 11.4 Å². The van der Waals surface area contributed by atoms with E-state index in [0.717, 1.165) is 11.1 Å². The molecule has 0 radical (unpaired) electrons. The van der Waals surface area contributed by atoms with Crippen LogP contribution in [0.5, 0.6) is 6.01 Å². The molecule has 0 bridgehead atoms. The van der Waals surface area contributed by atoms with Crippen molar-refractivity contribution in [1.29, 1.82) is 0 Å². The monoisotopic (exact) mass is 192 g/mol. The molecule has 0 spiro atoms. The molecule has 2 rings (SSSR count). The predicted molar refractivity (Wildman–Crippen MR) is 51.9 cm³/mol. The van der Waals surface area contributed by atoms with E-state index in [1.54, 1.807) is 30.8 Å². The van der Waals surface area contributed by atoms with Gasteiger partial charge in [-0.05, 0) is 22.4 Å². The van der Waals surface area contributed by atoms with Gasteiger partial charge in [0.1, 0.15) is 0 Å². The second-order valence-corrected chi connectivity index (χ2v) is 3.25. The van der Waals surface area contributed by atoms with Crippen LogP contribution in [-0.2, 0) is 0 Å². The number of hydrogen-bond donors (Lipinski definition) is 0.